The van der Waals surface area contributed by atoms with Crippen LogP contribution in [0, 0.1) is 0 Å². The zero-order chi connectivity index (χ0) is 10.7. The van der Waals surface area contributed by atoms with Crippen LogP contribution in [0.4, 0.5) is 5.00 Å². The monoisotopic (exact) mass is 226 g/mol. The van der Waals surface area contributed by atoms with Crippen molar-refractivity contribution in [1.29, 1.82) is 0 Å². The number of thiazole rings is 1. The molecule has 15 heavy (non-hydrogen) atoms. The minimum atomic E-state index is 0.528. The second kappa shape index (κ2) is 4.94. The van der Waals surface area contributed by atoms with E-state index in [0.717, 1.165) is 49.6 Å². The number of aromatic nitrogens is 1. The molecule has 2 rings (SSSR count). The van der Waals surface area contributed by atoms with E-state index in [1.54, 1.807) is 11.3 Å². The summed E-state index contributed by atoms with van der Waals surface area (Å²) < 4.78 is 5.35. The predicted molar refractivity (Wildman–Crippen MR) is 63.3 cm³/mol. The molecule has 0 radical (unpaired) electrons. The molecule has 0 amide bonds. The Balaban J connectivity index is 2.11. The van der Waals surface area contributed by atoms with Crippen LogP contribution >= 0.6 is 11.3 Å². The Labute approximate surface area is 94.7 Å². The van der Waals surface area contributed by atoms with Crippen LogP contribution < -0.4 is 5.73 Å². The smallest absolute Gasteiger partial charge is 0.110 e. The fourth-order valence-electron chi connectivity index (χ4n) is 1.98. The quantitative estimate of drug-likeness (QED) is 0.861. The Bertz CT molecular complexity index is 318. The second-order valence-electron chi connectivity index (χ2n) is 3.99. The van der Waals surface area contributed by atoms with Crippen molar-refractivity contribution in [1.82, 2.24) is 4.98 Å². The number of nitrogen functional groups attached to an aromatic ring is 1. The Hall–Kier alpha value is -0.610. The number of ether oxygens (including phenoxy) is 1. The number of anilines is 1. The van der Waals surface area contributed by atoms with Crippen LogP contribution in [0.15, 0.2) is 0 Å². The predicted octanol–water partition coefficient (Wildman–Crippen LogP) is 2.57. The van der Waals surface area contributed by atoms with Crippen molar-refractivity contribution in [3.05, 3.63) is 10.7 Å². The fraction of sp³-hybridized carbons (Fsp3) is 0.727. The van der Waals surface area contributed by atoms with Crippen LogP contribution in [0.3, 0.4) is 0 Å². The van der Waals surface area contributed by atoms with Gasteiger partial charge in [0.1, 0.15) is 5.00 Å². The molecule has 0 bridgehead atoms. The van der Waals surface area contributed by atoms with Gasteiger partial charge in [0.2, 0.25) is 0 Å². The van der Waals surface area contributed by atoms with E-state index in [1.807, 2.05) is 0 Å². The van der Waals surface area contributed by atoms with Crippen LogP contribution in [0.1, 0.15) is 42.8 Å². The van der Waals surface area contributed by atoms with Crippen molar-refractivity contribution in [2.75, 3.05) is 18.9 Å². The normalized spacial score (nSPS) is 18.2. The van der Waals surface area contributed by atoms with Crippen molar-refractivity contribution >= 4 is 16.3 Å². The molecule has 0 aromatic carbocycles. The number of aryl methyl sites for hydroxylation is 1. The molecule has 2 N–H and O–H groups in total. The molecule has 4 heteroatoms. The van der Waals surface area contributed by atoms with Gasteiger partial charge < -0.3 is 10.5 Å². The summed E-state index contributed by atoms with van der Waals surface area (Å²) in [7, 11) is 0. The third kappa shape index (κ3) is 2.49. The van der Waals surface area contributed by atoms with Gasteiger partial charge in [0.15, 0.2) is 0 Å². The molecule has 0 unspecified atom stereocenters. The summed E-state index contributed by atoms with van der Waals surface area (Å²) in [6.07, 6.45) is 4.33. The van der Waals surface area contributed by atoms with Gasteiger partial charge in [0, 0.05) is 19.1 Å². The first-order valence-corrected chi connectivity index (χ1v) is 6.45. The highest BCUT2D eigenvalue weighted by atomic mass is 32.1. The van der Waals surface area contributed by atoms with E-state index in [4.69, 9.17) is 10.5 Å². The van der Waals surface area contributed by atoms with Gasteiger partial charge in [-0.25, -0.2) is 4.98 Å². The van der Waals surface area contributed by atoms with Gasteiger partial charge in [-0.2, -0.15) is 0 Å². The van der Waals surface area contributed by atoms with E-state index in [1.165, 1.54) is 5.01 Å². The summed E-state index contributed by atoms with van der Waals surface area (Å²) in [6.45, 7) is 3.88. The van der Waals surface area contributed by atoms with Gasteiger partial charge in [-0.1, -0.05) is 6.92 Å². The lowest BCUT2D eigenvalue weighted by atomic mass is 9.97. The van der Waals surface area contributed by atoms with Gasteiger partial charge in [-0.3, -0.25) is 0 Å². The van der Waals surface area contributed by atoms with E-state index >= 15 is 0 Å². The molecule has 0 aliphatic carbocycles. The molecule has 3 nitrogen and oxygen atoms in total. The van der Waals surface area contributed by atoms with Crippen molar-refractivity contribution in [3.8, 4) is 0 Å². The standard InChI is InChI=1S/C11H18N2OS/c1-2-3-9-13-10(11(12)15-9)8-4-6-14-7-5-8/h8H,2-7,12H2,1H3. The number of hydrogen-bond donors (Lipinski definition) is 1. The van der Waals surface area contributed by atoms with Gasteiger partial charge in [-0.05, 0) is 25.7 Å². The molecular formula is C11H18N2OS. The number of nitrogens with two attached hydrogens (primary N) is 1. The van der Waals surface area contributed by atoms with Gasteiger partial charge in [-0.15, -0.1) is 11.3 Å². The molecule has 1 aromatic heterocycles. The molecule has 1 aliphatic rings. The second-order valence-corrected chi connectivity index (χ2v) is 5.11. The van der Waals surface area contributed by atoms with Crippen LogP contribution in [0.2, 0.25) is 0 Å². The molecule has 2 heterocycles. The summed E-state index contributed by atoms with van der Waals surface area (Å²) in [5.74, 6) is 0.528. The molecule has 0 saturated carbocycles. The molecule has 1 aliphatic heterocycles. The van der Waals surface area contributed by atoms with E-state index in [9.17, 15) is 0 Å². The maximum Gasteiger partial charge on any atom is 0.110 e. The van der Waals surface area contributed by atoms with Crippen LogP contribution in [0.5, 0.6) is 0 Å². The lowest BCUT2D eigenvalue weighted by Crippen LogP contribution is -2.15. The Morgan fingerprint density at radius 3 is 2.87 bits per heavy atom. The third-order valence-electron chi connectivity index (χ3n) is 2.80. The summed E-state index contributed by atoms with van der Waals surface area (Å²) in [5.41, 5.74) is 7.15. The summed E-state index contributed by atoms with van der Waals surface area (Å²) in [6, 6.07) is 0. The molecule has 1 aromatic rings. The van der Waals surface area contributed by atoms with Gasteiger partial charge in [0.25, 0.3) is 0 Å². The first kappa shape index (κ1) is 10.9. The average Bonchev–Trinajstić information content (AvgIpc) is 2.61. The summed E-state index contributed by atoms with van der Waals surface area (Å²) >= 11 is 1.66. The van der Waals surface area contributed by atoms with Crippen LogP contribution in [0.25, 0.3) is 0 Å². The number of rotatable bonds is 3. The topological polar surface area (TPSA) is 48.1 Å². The van der Waals surface area contributed by atoms with E-state index in [2.05, 4.69) is 11.9 Å². The number of nitrogens with zero attached hydrogens (tertiary/aromatic N) is 1. The van der Waals surface area contributed by atoms with E-state index < -0.39 is 0 Å². The lowest BCUT2D eigenvalue weighted by Gasteiger charge is -2.20. The van der Waals surface area contributed by atoms with Crippen LogP contribution in [-0.4, -0.2) is 18.2 Å². The molecule has 0 atom stereocenters. The average molecular weight is 226 g/mol. The first-order valence-electron chi connectivity index (χ1n) is 5.64. The van der Waals surface area contributed by atoms with Crippen molar-refractivity contribution in [3.63, 3.8) is 0 Å². The Kier molecular flexibility index (Phi) is 3.59. The highest BCUT2D eigenvalue weighted by molar-refractivity contribution is 7.15. The SMILES string of the molecule is CCCc1nc(C2CCOCC2)c(N)s1. The van der Waals surface area contributed by atoms with Gasteiger partial charge in [0.05, 0.1) is 10.7 Å². The summed E-state index contributed by atoms with van der Waals surface area (Å²) in [5, 5.41) is 2.11. The summed E-state index contributed by atoms with van der Waals surface area (Å²) in [4.78, 5) is 4.66. The van der Waals surface area contributed by atoms with Crippen molar-refractivity contribution in [2.24, 2.45) is 0 Å². The highest BCUT2D eigenvalue weighted by Gasteiger charge is 2.21. The van der Waals surface area contributed by atoms with E-state index in [0.29, 0.717) is 5.92 Å². The molecule has 0 spiro atoms. The Morgan fingerprint density at radius 2 is 2.20 bits per heavy atom. The largest absolute Gasteiger partial charge is 0.389 e. The van der Waals surface area contributed by atoms with Crippen LogP contribution in [-0.2, 0) is 11.2 Å². The lowest BCUT2D eigenvalue weighted by molar-refractivity contribution is 0.0847. The first-order chi connectivity index (χ1) is 7.31. The van der Waals surface area contributed by atoms with Crippen molar-refractivity contribution < 1.29 is 4.74 Å². The molecule has 84 valence electrons. The highest BCUT2D eigenvalue weighted by Crippen LogP contribution is 2.33. The molecule has 1 fully saturated rings. The molecular weight excluding hydrogens is 208 g/mol. The third-order valence-corrected chi connectivity index (χ3v) is 3.76. The van der Waals surface area contributed by atoms with E-state index in [-0.39, 0.29) is 0 Å². The number of hydrogen-bond acceptors (Lipinski definition) is 4. The minimum absolute atomic E-state index is 0.528. The Morgan fingerprint density at radius 1 is 1.47 bits per heavy atom. The maximum absolute atomic E-state index is 6.02. The maximum atomic E-state index is 6.02. The fourth-order valence-corrected chi connectivity index (χ4v) is 3.00. The zero-order valence-corrected chi connectivity index (χ0v) is 9.98. The minimum Gasteiger partial charge on any atom is -0.389 e. The zero-order valence-electron chi connectivity index (χ0n) is 9.16. The van der Waals surface area contributed by atoms with Crippen molar-refractivity contribution in [2.45, 2.75) is 38.5 Å². The van der Waals surface area contributed by atoms with Gasteiger partial charge >= 0.3 is 0 Å². The molecule has 1 saturated heterocycles.